The summed E-state index contributed by atoms with van der Waals surface area (Å²) in [5, 5.41) is 6.78. The first-order valence-corrected chi connectivity index (χ1v) is 9.65. The van der Waals surface area contributed by atoms with Crippen LogP contribution < -0.4 is 22.1 Å². The molecule has 1 saturated carbocycles. The minimum absolute atomic E-state index is 0.0980. The highest BCUT2D eigenvalue weighted by molar-refractivity contribution is 5.95. The predicted octanol–water partition coefficient (Wildman–Crippen LogP) is 2.36. The predicted molar refractivity (Wildman–Crippen MR) is 106 cm³/mol. The Labute approximate surface area is 159 Å². The summed E-state index contributed by atoms with van der Waals surface area (Å²) >= 11 is 0. The summed E-state index contributed by atoms with van der Waals surface area (Å²) in [5.74, 6) is 0.465. The summed E-state index contributed by atoms with van der Waals surface area (Å²) in [7, 11) is 0. The highest BCUT2D eigenvalue weighted by Gasteiger charge is 2.26. The van der Waals surface area contributed by atoms with Crippen LogP contribution in [0.1, 0.15) is 59.8 Å². The van der Waals surface area contributed by atoms with Crippen molar-refractivity contribution in [2.75, 3.05) is 10.6 Å². The Balaban J connectivity index is 1.58. The zero-order valence-corrected chi connectivity index (χ0v) is 15.3. The van der Waals surface area contributed by atoms with E-state index in [2.05, 4.69) is 32.7 Å². The first kappa shape index (κ1) is 17.7. The molecule has 0 unspecified atom stereocenters. The third-order valence-corrected chi connectivity index (χ3v) is 5.60. The van der Waals surface area contributed by atoms with Gasteiger partial charge in [-0.3, -0.25) is 4.79 Å². The van der Waals surface area contributed by atoms with Crippen LogP contribution in [0, 0.1) is 0 Å². The van der Waals surface area contributed by atoms with E-state index in [-0.39, 0.29) is 23.8 Å². The summed E-state index contributed by atoms with van der Waals surface area (Å²) < 4.78 is 0. The Morgan fingerprint density at radius 1 is 1.11 bits per heavy atom. The monoisotopic (exact) mass is 366 g/mol. The Morgan fingerprint density at radius 2 is 1.93 bits per heavy atom. The van der Waals surface area contributed by atoms with Gasteiger partial charge in [-0.05, 0) is 36.8 Å². The zero-order chi connectivity index (χ0) is 18.8. The number of carbonyl (C=O) groups is 1. The number of hydrogen-bond donors (Lipinski definition) is 4. The molecule has 7 heteroatoms. The molecular formula is C20H26N6O. The lowest BCUT2D eigenvalue weighted by Gasteiger charge is -2.29. The van der Waals surface area contributed by atoms with Crippen LogP contribution in [0.3, 0.4) is 0 Å². The Morgan fingerprint density at radius 3 is 2.74 bits per heavy atom. The molecule has 2 aliphatic carbocycles. The van der Waals surface area contributed by atoms with E-state index in [0.29, 0.717) is 11.6 Å². The molecule has 2 aromatic rings. The Kier molecular flexibility index (Phi) is 4.94. The van der Waals surface area contributed by atoms with Crippen molar-refractivity contribution < 1.29 is 4.79 Å². The molecule has 0 saturated heterocycles. The van der Waals surface area contributed by atoms with E-state index in [1.807, 2.05) is 12.1 Å². The first-order valence-electron chi connectivity index (χ1n) is 9.65. The molecular weight excluding hydrogens is 340 g/mol. The molecule has 0 radical (unpaired) electrons. The van der Waals surface area contributed by atoms with Crippen LogP contribution in [0.4, 0.5) is 11.6 Å². The van der Waals surface area contributed by atoms with Gasteiger partial charge in [0.1, 0.15) is 5.82 Å². The van der Waals surface area contributed by atoms with Crippen molar-refractivity contribution in [1.82, 2.24) is 9.97 Å². The lowest BCUT2D eigenvalue weighted by molar-refractivity contribution is 0.0996. The number of nitrogens with one attached hydrogen (secondary N) is 2. The molecule has 0 spiro atoms. The van der Waals surface area contributed by atoms with Gasteiger partial charge in [-0.15, -0.1) is 0 Å². The number of primary amides is 1. The number of amides is 1. The maximum Gasteiger partial charge on any atom is 0.271 e. The molecule has 7 nitrogen and oxygen atoms in total. The lowest BCUT2D eigenvalue weighted by Crippen LogP contribution is -2.42. The van der Waals surface area contributed by atoms with E-state index < -0.39 is 5.91 Å². The number of aryl methyl sites for hydroxylation is 1. The van der Waals surface area contributed by atoms with Crippen LogP contribution in [0.5, 0.6) is 0 Å². The van der Waals surface area contributed by atoms with E-state index in [1.165, 1.54) is 17.5 Å². The average Bonchev–Trinajstić information content (AvgIpc) is 3.07. The van der Waals surface area contributed by atoms with Gasteiger partial charge in [-0.1, -0.05) is 37.1 Å². The molecule has 1 amide bonds. The smallest absolute Gasteiger partial charge is 0.271 e. The molecule has 1 aromatic carbocycles. The zero-order valence-electron chi connectivity index (χ0n) is 15.3. The largest absolute Gasteiger partial charge is 0.364 e. The molecule has 142 valence electrons. The van der Waals surface area contributed by atoms with Crippen molar-refractivity contribution in [2.45, 2.75) is 56.7 Å². The molecule has 3 atom stereocenters. The van der Waals surface area contributed by atoms with E-state index in [9.17, 15) is 4.79 Å². The average molecular weight is 366 g/mol. The molecule has 1 aromatic heterocycles. The summed E-state index contributed by atoms with van der Waals surface area (Å²) in [6, 6.07) is 8.71. The van der Waals surface area contributed by atoms with E-state index in [4.69, 9.17) is 11.5 Å². The quantitative estimate of drug-likeness (QED) is 0.645. The molecule has 1 fully saturated rings. The summed E-state index contributed by atoms with van der Waals surface area (Å²) in [4.78, 5) is 20.7. The van der Waals surface area contributed by atoms with Gasteiger partial charge < -0.3 is 22.1 Å². The highest BCUT2D eigenvalue weighted by Crippen LogP contribution is 2.34. The summed E-state index contributed by atoms with van der Waals surface area (Å²) in [6.45, 7) is 0. The van der Waals surface area contributed by atoms with Crippen LogP contribution in [0.25, 0.3) is 0 Å². The topological polar surface area (TPSA) is 119 Å². The fourth-order valence-electron chi connectivity index (χ4n) is 4.14. The molecule has 1 heterocycles. The SMILES string of the molecule is NC(=O)c1ncc(N[C@@H]2CCCC[C@@H]2N)nc1N[C@@H]1CCc2ccccc21. The van der Waals surface area contributed by atoms with Crippen LogP contribution in [-0.2, 0) is 6.42 Å². The number of anilines is 2. The van der Waals surface area contributed by atoms with Gasteiger partial charge >= 0.3 is 0 Å². The Hall–Kier alpha value is -2.67. The van der Waals surface area contributed by atoms with Gasteiger partial charge in [0, 0.05) is 12.1 Å². The molecule has 4 rings (SSSR count). The van der Waals surface area contributed by atoms with E-state index in [1.54, 1.807) is 6.20 Å². The van der Waals surface area contributed by atoms with Crippen molar-refractivity contribution in [3.05, 3.63) is 47.3 Å². The van der Waals surface area contributed by atoms with E-state index >= 15 is 0 Å². The number of hydrogen-bond acceptors (Lipinski definition) is 6. The Bertz CT molecular complexity index is 839. The second-order valence-corrected chi connectivity index (χ2v) is 7.45. The number of nitrogens with zero attached hydrogens (tertiary/aromatic N) is 2. The standard InChI is InChI=1S/C20H26N6O/c21-14-7-3-4-8-16(14)24-17-11-23-18(19(22)27)20(26-17)25-15-10-9-12-5-1-2-6-13(12)15/h1-2,5-6,11,14-16H,3-4,7-10,21H2,(H2,22,27)(H2,24,25,26)/t14-,15+,16+/m0/s1. The second-order valence-electron chi connectivity index (χ2n) is 7.45. The first-order chi connectivity index (χ1) is 13.1. The van der Waals surface area contributed by atoms with Crippen LogP contribution in [-0.4, -0.2) is 28.0 Å². The van der Waals surface area contributed by atoms with Crippen molar-refractivity contribution in [1.29, 1.82) is 0 Å². The molecule has 0 bridgehead atoms. The minimum Gasteiger partial charge on any atom is -0.364 e. The van der Waals surface area contributed by atoms with Crippen molar-refractivity contribution in [3.8, 4) is 0 Å². The fourth-order valence-corrected chi connectivity index (χ4v) is 4.14. The summed E-state index contributed by atoms with van der Waals surface area (Å²) in [6.07, 6.45) is 7.86. The van der Waals surface area contributed by atoms with Gasteiger partial charge in [0.25, 0.3) is 5.91 Å². The normalized spacial score (nSPS) is 24.3. The number of rotatable bonds is 5. The number of aromatic nitrogens is 2. The maximum atomic E-state index is 11.8. The number of carbonyl (C=O) groups excluding carboxylic acids is 1. The number of benzene rings is 1. The molecule has 0 aliphatic heterocycles. The minimum atomic E-state index is -0.586. The van der Waals surface area contributed by atoms with Gasteiger partial charge in [0.05, 0.1) is 12.2 Å². The van der Waals surface area contributed by atoms with Crippen LogP contribution in [0.2, 0.25) is 0 Å². The van der Waals surface area contributed by atoms with Crippen molar-refractivity contribution >= 4 is 17.5 Å². The van der Waals surface area contributed by atoms with Crippen molar-refractivity contribution in [3.63, 3.8) is 0 Å². The lowest BCUT2D eigenvalue weighted by atomic mass is 9.91. The van der Waals surface area contributed by atoms with Crippen LogP contribution in [0.15, 0.2) is 30.5 Å². The second kappa shape index (κ2) is 7.52. The highest BCUT2D eigenvalue weighted by atomic mass is 16.1. The molecule has 2 aliphatic rings. The van der Waals surface area contributed by atoms with Crippen LogP contribution >= 0.6 is 0 Å². The summed E-state index contributed by atoms with van der Waals surface area (Å²) in [5.41, 5.74) is 14.5. The van der Waals surface area contributed by atoms with Crippen molar-refractivity contribution in [2.24, 2.45) is 11.5 Å². The molecule has 6 N–H and O–H groups in total. The maximum absolute atomic E-state index is 11.8. The fraction of sp³-hybridized carbons (Fsp3) is 0.450. The van der Waals surface area contributed by atoms with E-state index in [0.717, 1.165) is 32.1 Å². The van der Waals surface area contributed by atoms with Gasteiger partial charge in [0.15, 0.2) is 11.5 Å². The number of fused-ring (bicyclic) bond motifs is 1. The number of nitrogens with two attached hydrogens (primary N) is 2. The van der Waals surface area contributed by atoms with Gasteiger partial charge in [-0.25, -0.2) is 9.97 Å². The third-order valence-electron chi connectivity index (χ3n) is 5.60. The van der Waals surface area contributed by atoms with Gasteiger partial charge in [0.2, 0.25) is 0 Å². The molecule has 27 heavy (non-hydrogen) atoms. The van der Waals surface area contributed by atoms with Gasteiger partial charge in [-0.2, -0.15) is 0 Å². The third kappa shape index (κ3) is 3.73.